The van der Waals surface area contributed by atoms with Crippen molar-refractivity contribution in [2.24, 2.45) is 0 Å². The van der Waals surface area contributed by atoms with Crippen LogP contribution in [-0.2, 0) is 9.53 Å². The number of nitrogens with zero attached hydrogens (tertiary/aromatic N) is 2. The second kappa shape index (κ2) is 9.47. The van der Waals surface area contributed by atoms with Crippen molar-refractivity contribution in [3.63, 3.8) is 0 Å². The first-order valence-corrected chi connectivity index (χ1v) is 11.5. The molecule has 7 heteroatoms. The molecule has 0 bridgehead atoms. The molecule has 2 heterocycles. The van der Waals surface area contributed by atoms with E-state index in [-0.39, 0.29) is 17.9 Å². The summed E-state index contributed by atoms with van der Waals surface area (Å²) in [5.74, 6) is 0.929. The Morgan fingerprint density at radius 1 is 1.13 bits per heavy atom. The average Bonchev–Trinajstić information content (AvgIpc) is 2.79. The van der Waals surface area contributed by atoms with E-state index in [1.165, 1.54) is 11.3 Å². The third-order valence-corrected chi connectivity index (χ3v) is 6.29. The standard InChI is InChI=1S/C24H27N3O3S/c1-17-4-3-5-21(14-17)27-11-10-26(15-18(27)2)24(29)19-6-8-20(9-7-19)25-23(28)22-16-31-13-12-30-22/h3-9,14,16,18H,10-13,15H2,1-2H3,(H,25,28)/t18-/m0/s1. The van der Waals surface area contributed by atoms with Crippen molar-refractivity contribution < 1.29 is 14.3 Å². The minimum Gasteiger partial charge on any atom is -0.487 e. The Hall–Kier alpha value is -2.93. The lowest BCUT2D eigenvalue weighted by molar-refractivity contribution is -0.116. The van der Waals surface area contributed by atoms with Gasteiger partial charge in [-0.2, -0.15) is 0 Å². The summed E-state index contributed by atoms with van der Waals surface area (Å²) in [6.07, 6.45) is 0. The molecule has 1 saturated heterocycles. The molecule has 2 aliphatic rings. The number of rotatable bonds is 4. The maximum absolute atomic E-state index is 13.0. The minimum atomic E-state index is -0.271. The lowest BCUT2D eigenvalue weighted by Gasteiger charge is -2.41. The Kier molecular flexibility index (Phi) is 6.51. The molecule has 0 radical (unpaired) electrons. The van der Waals surface area contributed by atoms with Crippen LogP contribution in [0.5, 0.6) is 0 Å². The fourth-order valence-electron chi connectivity index (χ4n) is 3.89. The van der Waals surface area contributed by atoms with Gasteiger partial charge in [-0.3, -0.25) is 9.59 Å². The Morgan fingerprint density at radius 3 is 2.61 bits per heavy atom. The lowest BCUT2D eigenvalue weighted by Crippen LogP contribution is -2.53. The van der Waals surface area contributed by atoms with E-state index < -0.39 is 0 Å². The summed E-state index contributed by atoms with van der Waals surface area (Å²) in [6.45, 7) is 6.94. The summed E-state index contributed by atoms with van der Waals surface area (Å²) in [7, 11) is 0. The molecule has 2 amide bonds. The van der Waals surface area contributed by atoms with Crippen molar-refractivity contribution in [1.29, 1.82) is 0 Å². The number of carbonyl (C=O) groups excluding carboxylic acids is 2. The van der Waals surface area contributed by atoms with E-state index in [1.54, 1.807) is 41.4 Å². The van der Waals surface area contributed by atoms with Crippen molar-refractivity contribution in [3.8, 4) is 0 Å². The zero-order valence-corrected chi connectivity index (χ0v) is 18.7. The number of hydrogen-bond donors (Lipinski definition) is 1. The van der Waals surface area contributed by atoms with Crippen LogP contribution in [0.15, 0.2) is 59.7 Å². The van der Waals surface area contributed by atoms with Crippen LogP contribution < -0.4 is 10.2 Å². The molecule has 1 fully saturated rings. The predicted molar refractivity (Wildman–Crippen MR) is 125 cm³/mol. The molecule has 2 aliphatic heterocycles. The zero-order valence-electron chi connectivity index (χ0n) is 17.8. The number of ether oxygens (including phenoxy) is 1. The number of benzene rings is 2. The number of thioether (sulfide) groups is 1. The Labute approximate surface area is 187 Å². The van der Waals surface area contributed by atoms with Crippen LogP contribution in [0.1, 0.15) is 22.8 Å². The van der Waals surface area contributed by atoms with Crippen molar-refractivity contribution in [2.75, 3.05) is 42.2 Å². The van der Waals surface area contributed by atoms with Crippen LogP contribution >= 0.6 is 11.8 Å². The van der Waals surface area contributed by atoms with Gasteiger partial charge in [-0.1, -0.05) is 12.1 Å². The van der Waals surface area contributed by atoms with Crippen molar-refractivity contribution >= 4 is 35.0 Å². The van der Waals surface area contributed by atoms with Crippen LogP contribution in [0.2, 0.25) is 0 Å². The fourth-order valence-corrected chi connectivity index (χ4v) is 4.51. The quantitative estimate of drug-likeness (QED) is 0.786. The first-order chi connectivity index (χ1) is 15.0. The highest BCUT2D eigenvalue weighted by atomic mass is 32.2. The third-order valence-electron chi connectivity index (χ3n) is 5.51. The molecule has 6 nitrogen and oxygen atoms in total. The van der Waals surface area contributed by atoms with E-state index in [0.29, 0.717) is 36.7 Å². The topological polar surface area (TPSA) is 61.9 Å². The normalized spacial score (nSPS) is 18.8. The van der Waals surface area contributed by atoms with E-state index >= 15 is 0 Å². The number of anilines is 2. The molecule has 31 heavy (non-hydrogen) atoms. The largest absolute Gasteiger partial charge is 0.487 e. The van der Waals surface area contributed by atoms with Gasteiger partial charge in [0.1, 0.15) is 0 Å². The van der Waals surface area contributed by atoms with Crippen LogP contribution in [0.3, 0.4) is 0 Å². The molecule has 0 unspecified atom stereocenters. The van der Waals surface area contributed by atoms with E-state index in [4.69, 9.17) is 4.74 Å². The molecule has 4 rings (SSSR count). The Morgan fingerprint density at radius 2 is 1.94 bits per heavy atom. The fraction of sp³-hybridized carbons (Fsp3) is 0.333. The first kappa shape index (κ1) is 21.3. The van der Waals surface area contributed by atoms with Gasteiger partial charge in [0.2, 0.25) is 0 Å². The highest BCUT2D eigenvalue weighted by Gasteiger charge is 2.27. The molecular weight excluding hydrogens is 410 g/mol. The average molecular weight is 438 g/mol. The maximum atomic E-state index is 13.0. The van der Waals surface area contributed by atoms with Gasteiger partial charge in [-0.25, -0.2) is 0 Å². The smallest absolute Gasteiger partial charge is 0.291 e. The number of nitrogens with one attached hydrogen (secondary N) is 1. The molecule has 1 N–H and O–H groups in total. The van der Waals surface area contributed by atoms with Crippen molar-refractivity contribution in [3.05, 3.63) is 70.8 Å². The highest BCUT2D eigenvalue weighted by molar-refractivity contribution is 8.02. The lowest BCUT2D eigenvalue weighted by atomic mass is 10.1. The van der Waals surface area contributed by atoms with Crippen LogP contribution in [0.4, 0.5) is 11.4 Å². The second-order valence-electron chi connectivity index (χ2n) is 7.87. The van der Waals surface area contributed by atoms with Gasteiger partial charge in [-0.05, 0) is 55.8 Å². The van der Waals surface area contributed by atoms with E-state index in [9.17, 15) is 9.59 Å². The van der Waals surface area contributed by atoms with Gasteiger partial charge in [0, 0.05) is 53.8 Å². The summed E-state index contributed by atoms with van der Waals surface area (Å²) in [4.78, 5) is 29.5. The van der Waals surface area contributed by atoms with Gasteiger partial charge in [-0.15, -0.1) is 11.8 Å². The first-order valence-electron chi connectivity index (χ1n) is 10.5. The van der Waals surface area contributed by atoms with Gasteiger partial charge >= 0.3 is 0 Å². The Balaban J connectivity index is 1.36. The summed E-state index contributed by atoms with van der Waals surface area (Å²) in [5.41, 5.74) is 3.70. The van der Waals surface area contributed by atoms with E-state index in [1.807, 2.05) is 4.90 Å². The van der Waals surface area contributed by atoms with Gasteiger partial charge in [0.15, 0.2) is 5.76 Å². The van der Waals surface area contributed by atoms with Gasteiger partial charge in [0.05, 0.1) is 6.61 Å². The van der Waals surface area contributed by atoms with Crippen molar-refractivity contribution in [1.82, 2.24) is 4.90 Å². The molecule has 1 atom stereocenters. The molecule has 2 aromatic rings. The minimum absolute atomic E-state index is 0.0170. The number of carbonyl (C=O) groups is 2. The van der Waals surface area contributed by atoms with Crippen molar-refractivity contribution in [2.45, 2.75) is 19.9 Å². The predicted octanol–water partition coefficient (Wildman–Crippen LogP) is 3.89. The number of piperazine rings is 1. The summed E-state index contributed by atoms with van der Waals surface area (Å²) >= 11 is 1.56. The molecule has 0 aliphatic carbocycles. The van der Waals surface area contributed by atoms with Crippen LogP contribution in [0.25, 0.3) is 0 Å². The second-order valence-corrected chi connectivity index (χ2v) is 8.84. The molecule has 0 aromatic heterocycles. The molecule has 0 saturated carbocycles. The summed E-state index contributed by atoms with van der Waals surface area (Å²) < 4.78 is 5.37. The van der Waals surface area contributed by atoms with E-state index in [2.05, 4.69) is 48.3 Å². The molecular formula is C24H27N3O3S. The summed E-state index contributed by atoms with van der Waals surface area (Å²) in [5, 5.41) is 4.55. The third kappa shape index (κ3) is 5.05. The Bertz CT molecular complexity index is 990. The SMILES string of the molecule is Cc1cccc(N2CCN(C(=O)c3ccc(NC(=O)C4=CSCCO4)cc3)C[C@@H]2C)c1. The van der Waals surface area contributed by atoms with E-state index in [0.717, 1.165) is 12.3 Å². The zero-order chi connectivity index (χ0) is 21.8. The maximum Gasteiger partial charge on any atom is 0.291 e. The van der Waals surface area contributed by atoms with Crippen LogP contribution in [-0.4, -0.2) is 54.8 Å². The number of hydrogen-bond acceptors (Lipinski definition) is 5. The van der Waals surface area contributed by atoms with Gasteiger partial charge in [0.25, 0.3) is 11.8 Å². The molecule has 0 spiro atoms. The summed E-state index contributed by atoms with van der Waals surface area (Å²) in [6, 6.07) is 15.8. The van der Waals surface area contributed by atoms with Crippen LogP contribution in [0, 0.1) is 6.92 Å². The monoisotopic (exact) mass is 437 g/mol. The molecule has 2 aromatic carbocycles. The number of amides is 2. The highest BCUT2D eigenvalue weighted by Crippen LogP contribution is 2.23. The number of aryl methyl sites for hydroxylation is 1. The van der Waals surface area contributed by atoms with Gasteiger partial charge < -0.3 is 19.9 Å². The molecule has 162 valence electrons.